The summed E-state index contributed by atoms with van der Waals surface area (Å²) < 4.78 is 7.02. The first-order valence-electron chi connectivity index (χ1n) is 7.84. The number of carbonyl (C=O) groups excluding carboxylic acids is 1. The lowest BCUT2D eigenvalue weighted by Crippen LogP contribution is -2.19. The number of ether oxygens (including phenoxy) is 1. The van der Waals surface area contributed by atoms with Crippen molar-refractivity contribution in [3.05, 3.63) is 47.7 Å². The second kappa shape index (κ2) is 7.36. The highest BCUT2D eigenvalue weighted by molar-refractivity contribution is 6.83. The number of nitrogens with zero attached hydrogens (tertiary/aromatic N) is 2. The van der Waals surface area contributed by atoms with Crippen LogP contribution in [0, 0.1) is 11.5 Å². The van der Waals surface area contributed by atoms with Crippen LogP contribution in [-0.2, 0) is 11.8 Å². The van der Waals surface area contributed by atoms with Crippen LogP contribution in [-0.4, -0.2) is 23.9 Å². The van der Waals surface area contributed by atoms with Crippen LogP contribution in [0.25, 0.3) is 0 Å². The second-order valence-corrected chi connectivity index (χ2v) is 11.4. The van der Waals surface area contributed by atoms with Crippen molar-refractivity contribution in [3.63, 3.8) is 0 Å². The van der Waals surface area contributed by atoms with E-state index in [2.05, 4.69) is 41.5 Å². The monoisotopic (exact) mass is 341 g/mol. The maximum Gasteiger partial charge on any atom is 0.413 e. The van der Waals surface area contributed by atoms with E-state index in [1.54, 1.807) is 17.9 Å². The Bertz CT molecular complexity index is 767. The van der Waals surface area contributed by atoms with Crippen LogP contribution in [0.4, 0.5) is 10.6 Å². The summed E-state index contributed by atoms with van der Waals surface area (Å²) in [5.41, 5.74) is 4.91. The number of anilines is 1. The van der Waals surface area contributed by atoms with E-state index in [0.29, 0.717) is 11.4 Å². The van der Waals surface area contributed by atoms with Gasteiger partial charge in [0, 0.05) is 7.05 Å². The Morgan fingerprint density at radius 3 is 2.58 bits per heavy atom. The SMILES string of the molecule is C[C@@H](OC(=O)Nc1c(C#C[Si](C)(C)C)cnn1C)c1ccccc1. The molecule has 6 heteroatoms. The molecule has 0 radical (unpaired) electrons. The molecule has 24 heavy (non-hydrogen) atoms. The summed E-state index contributed by atoms with van der Waals surface area (Å²) in [7, 11) is 0.254. The van der Waals surface area contributed by atoms with Crippen molar-refractivity contribution in [1.82, 2.24) is 9.78 Å². The van der Waals surface area contributed by atoms with Gasteiger partial charge in [0.25, 0.3) is 0 Å². The lowest BCUT2D eigenvalue weighted by atomic mass is 10.1. The summed E-state index contributed by atoms with van der Waals surface area (Å²) >= 11 is 0. The average molecular weight is 341 g/mol. The summed E-state index contributed by atoms with van der Waals surface area (Å²) in [5.74, 6) is 3.67. The third-order valence-corrected chi connectivity index (χ3v) is 4.16. The molecule has 0 aliphatic rings. The van der Waals surface area contributed by atoms with E-state index < -0.39 is 14.2 Å². The van der Waals surface area contributed by atoms with E-state index in [1.807, 2.05) is 37.3 Å². The maximum absolute atomic E-state index is 12.2. The van der Waals surface area contributed by atoms with Crippen molar-refractivity contribution in [2.24, 2.45) is 7.05 Å². The van der Waals surface area contributed by atoms with Crippen LogP contribution in [0.1, 0.15) is 24.2 Å². The molecule has 1 N–H and O–H groups in total. The molecular weight excluding hydrogens is 318 g/mol. The normalized spacial score (nSPS) is 12.0. The minimum Gasteiger partial charge on any atom is -0.441 e. The van der Waals surface area contributed by atoms with Gasteiger partial charge in [0.2, 0.25) is 0 Å². The summed E-state index contributed by atoms with van der Waals surface area (Å²) in [6, 6.07) is 9.60. The predicted octanol–water partition coefficient (Wildman–Crippen LogP) is 3.96. The number of rotatable bonds is 3. The van der Waals surface area contributed by atoms with Crippen LogP contribution in [0.15, 0.2) is 36.5 Å². The standard InChI is InChI=1S/C18H23N3O2Si/c1-14(15-9-7-6-8-10-15)23-18(22)20-17-16(13-19-21(17)2)11-12-24(3,4)5/h6-10,13-14H,1-5H3,(H,20,22)/t14-/m1/s1. The van der Waals surface area contributed by atoms with Gasteiger partial charge in [0.15, 0.2) is 0 Å². The Labute approximate surface area is 144 Å². The van der Waals surface area contributed by atoms with Crippen LogP contribution in [0.3, 0.4) is 0 Å². The fourth-order valence-electron chi connectivity index (χ4n) is 2.01. The molecule has 1 aromatic carbocycles. The Balaban J connectivity index is 2.09. The van der Waals surface area contributed by atoms with Gasteiger partial charge in [-0.1, -0.05) is 55.9 Å². The van der Waals surface area contributed by atoms with Crippen LogP contribution in [0.2, 0.25) is 19.6 Å². The van der Waals surface area contributed by atoms with Gasteiger partial charge in [-0.3, -0.25) is 10.00 Å². The smallest absolute Gasteiger partial charge is 0.413 e. The highest BCUT2D eigenvalue weighted by Crippen LogP contribution is 2.18. The number of carbonyl (C=O) groups is 1. The van der Waals surface area contributed by atoms with E-state index in [1.165, 1.54) is 0 Å². The minimum atomic E-state index is -1.51. The first-order valence-corrected chi connectivity index (χ1v) is 11.3. The number of benzene rings is 1. The van der Waals surface area contributed by atoms with Gasteiger partial charge < -0.3 is 4.74 Å². The van der Waals surface area contributed by atoms with Gasteiger partial charge in [-0.25, -0.2) is 4.79 Å². The van der Waals surface area contributed by atoms with E-state index >= 15 is 0 Å². The van der Waals surface area contributed by atoms with E-state index in [0.717, 1.165) is 5.56 Å². The summed E-state index contributed by atoms with van der Waals surface area (Å²) in [5, 5.41) is 6.91. The second-order valence-electron chi connectivity index (χ2n) is 6.61. The first-order chi connectivity index (χ1) is 11.3. The number of nitrogens with one attached hydrogen (secondary N) is 1. The molecule has 0 spiro atoms. The number of hydrogen-bond donors (Lipinski definition) is 1. The molecule has 0 aliphatic carbocycles. The van der Waals surface area contributed by atoms with Crippen molar-refractivity contribution < 1.29 is 9.53 Å². The number of amides is 1. The quantitative estimate of drug-likeness (QED) is 0.679. The number of aryl methyl sites for hydroxylation is 1. The molecule has 126 valence electrons. The predicted molar refractivity (Wildman–Crippen MR) is 98.4 cm³/mol. The van der Waals surface area contributed by atoms with Crippen LogP contribution >= 0.6 is 0 Å². The Morgan fingerprint density at radius 2 is 1.96 bits per heavy atom. The highest BCUT2D eigenvalue weighted by Gasteiger charge is 2.16. The van der Waals surface area contributed by atoms with Crippen molar-refractivity contribution in [3.8, 4) is 11.5 Å². The van der Waals surface area contributed by atoms with E-state index in [4.69, 9.17) is 4.74 Å². The largest absolute Gasteiger partial charge is 0.441 e. The lowest BCUT2D eigenvalue weighted by Gasteiger charge is -2.14. The van der Waals surface area contributed by atoms with E-state index in [9.17, 15) is 4.79 Å². The molecule has 0 saturated carbocycles. The fraction of sp³-hybridized carbons (Fsp3) is 0.333. The number of aromatic nitrogens is 2. The minimum absolute atomic E-state index is 0.337. The molecule has 0 saturated heterocycles. The van der Waals surface area contributed by atoms with Crippen molar-refractivity contribution in [2.45, 2.75) is 32.7 Å². The summed E-state index contributed by atoms with van der Waals surface area (Å²) in [6.45, 7) is 8.34. The average Bonchev–Trinajstić information content (AvgIpc) is 2.86. The molecule has 0 aliphatic heterocycles. The van der Waals surface area contributed by atoms with Crippen molar-refractivity contribution in [1.29, 1.82) is 0 Å². The summed E-state index contributed by atoms with van der Waals surface area (Å²) in [6.07, 6.45) is 0.797. The van der Waals surface area contributed by atoms with Crippen LogP contribution in [0.5, 0.6) is 0 Å². The molecule has 2 rings (SSSR count). The van der Waals surface area contributed by atoms with Gasteiger partial charge in [0.05, 0.1) is 11.8 Å². The first kappa shape index (κ1) is 17.8. The van der Waals surface area contributed by atoms with Crippen molar-refractivity contribution in [2.75, 3.05) is 5.32 Å². The molecule has 2 aromatic rings. The topological polar surface area (TPSA) is 56.1 Å². The van der Waals surface area contributed by atoms with Gasteiger partial charge in [-0.05, 0) is 12.5 Å². The molecule has 1 atom stereocenters. The molecule has 1 amide bonds. The molecule has 0 fully saturated rings. The molecule has 1 heterocycles. The lowest BCUT2D eigenvalue weighted by molar-refractivity contribution is 0.121. The third kappa shape index (κ3) is 5.00. The molecular formula is C18H23N3O2Si. The zero-order valence-corrected chi connectivity index (χ0v) is 15.8. The molecule has 0 unspecified atom stereocenters. The summed E-state index contributed by atoms with van der Waals surface area (Å²) in [4.78, 5) is 12.2. The zero-order chi connectivity index (χ0) is 17.7. The van der Waals surface area contributed by atoms with Crippen LogP contribution < -0.4 is 5.32 Å². The van der Waals surface area contributed by atoms with Gasteiger partial charge in [-0.15, -0.1) is 5.54 Å². The Morgan fingerprint density at radius 1 is 1.29 bits per heavy atom. The zero-order valence-electron chi connectivity index (χ0n) is 14.8. The van der Waals surface area contributed by atoms with Crippen molar-refractivity contribution >= 4 is 20.0 Å². The van der Waals surface area contributed by atoms with E-state index in [-0.39, 0.29) is 6.10 Å². The number of hydrogen-bond acceptors (Lipinski definition) is 3. The van der Waals surface area contributed by atoms with Gasteiger partial charge in [-0.2, -0.15) is 5.10 Å². The molecule has 1 aromatic heterocycles. The maximum atomic E-state index is 12.2. The van der Waals surface area contributed by atoms with Gasteiger partial charge >= 0.3 is 6.09 Å². The third-order valence-electron chi connectivity index (χ3n) is 3.28. The molecule has 5 nitrogen and oxygen atoms in total. The Kier molecular flexibility index (Phi) is 5.47. The Hall–Kier alpha value is -2.52. The highest BCUT2D eigenvalue weighted by atomic mass is 28.3. The fourth-order valence-corrected chi connectivity index (χ4v) is 2.52. The van der Waals surface area contributed by atoms with Gasteiger partial charge in [0.1, 0.15) is 20.0 Å². The molecule has 0 bridgehead atoms.